The molecule has 0 radical (unpaired) electrons. The first-order chi connectivity index (χ1) is 7.00. The van der Waals surface area contributed by atoms with E-state index in [1.165, 1.54) is 34.0 Å². The zero-order chi connectivity index (χ0) is 11.1. The van der Waals surface area contributed by atoms with Gasteiger partial charge in [0.1, 0.15) is 0 Å². The van der Waals surface area contributed by atoms with Crippen LogP contribution in [0.3, 0.4) is 0 Å². The van der Waals surface area contributed by atoms with Crippen molar-refractivity contribution in [2.45, 2.75) is 45.1 Å². The summed E-state index contributed by atoms with van der Waals surface area (Å²) in [5.74, 6) is 0. The Morgan fingerprint density at radius 3 is 2.60 bits per heavy atom. The quantitative estimate of drug-likeness (QED) is 0.892. The number of rotatable bonds is 3. The van der Waals surface area contributed by atoms with Gasteiger partial charge in [0.15, 0.2) is 0 Å². The van der Waals surface area contributed by atoms with Gasteiger partial charge in [-0.25, -0.2) is 0 Å². The molecule has 1 aliphatic rings. The molecule has 2 N–H and O–H groups in total. The Bertz CT molecular complexity index is 380. The first-order valence-electron chi connectivity index (χ1n) is 5.55. The molecule has 0 aliphatic heterocycles. The van der Waals surface area contributed by atoms with E-state index in [0.29, 0.717) is 0 Å². The third-order valence-electron chi connectivity index (χ3n) is 3.38. The van der Waals surface area contributed by atoms with Crippen molar-refractivity contribution in [2.24, 2.45) is 5.73 Å². The second-order valence-electron chi connectivity index (χ2n) is 4.89. The van der Waals surface area contributed by atoms with E-state index >= 15 is 0 Å². The van der Waals surface area contributed by atoms with Crippen molar-refractivity contribution in [3.63, 3.8) is 0 Å². The van der Waals surface area contributed by atoms with Gasteiger partial charge in [0, 0.05) is 10.0 Å². The van der Waals surface area contributed by atoms with Crippen molar-refractivity contribution in [3.05, 3.63) is 33.3 Å². The third-order valence-corrected chi connectivity index (χ3v) is 4.20. The minimum Gasteiger partial charge on any atom is -0.325 e. The molecule has 1 saturated carbocycles. The van der Waals surface area contributed by atoms with Gasteiger partial charge in [-0.1, -0.05) is 22.0 Å². The van der Waals surface area contributed by atoms with E-state index in [1.54, 1.807) is 0 Å². The summed E-state index contributed by atoms with van der Waals surface area (Å²) in [5, 5.41) is 0. The molecule has 0 aromatic heterocycles. The largest absolute Gasteiger partial charge is 0.325 e. The fourth-order valence-electron chi connectivity index (χ4n) is 1.94. The lowest BCUT2D eigenvalue weighted by Crippen LogP contribution is -2.22. The zero-order valence-corrected chi connectivity index (χ0v) is 11.0. The van der Waals surface area contributed by atoms with Crippen LogP contribution in [-0.4, -0.2) is 5.54 Å². The summed E-state index contributed by atoms with van der Waals surface area (Å²) in [6, 6.07) is 4.46. The minimum absolute atomic E-state index is 0.169. The topological polar surface area (TPSA) is 26.0 Å². The van der Waals surface area contributed by atoms with Crippen LogP contribution in [-0.2, 0) is 6.42 Å². The lowest BCUT2D eigenvalue weighted by molar-refractivity contribution is 0.608. The van der Waals surface area contributed by atoms with E-state index in [-0.39, 0.29) is 5.54 Å². The zero-order valence-electron chi connectivity index (χ0n) is 9.44. The number of hydrogen-bond donors (Lipinski definition) is 1. The lowest BCUT2D eigenvalue weighted by Gasteiger charge is -2.12. The molecule has 1 aliphatic carbocycles. The normalized spacial score (nSPS) is 17.9. The molecule has 0 spiro atoms. The summed E-state index contributed by atoms with van der Waals surface area (Å²) in [4.78, 5) is 0. The molecular weight excluding hydrogens is 250 g/mol. The Morgan fingerprint density at radius 2 is 2.00 bits per heavy atom. The highest BCUT2D eigenvalue weighted by Gasteiger charge is 2.37. The van der Waals surface area contributed by atoms with Gasteiger partial charge in [0.25, 0.3) is 0 Å². The van der Waals surface area contributed by atoms with Crippen LogP contribution in [0.2, 0.25) is 0 Å². The van der Waals surface area contributed by atoms with E-state index in [2.05, 4.69) is 41.9 Å². The van der Waals surface area contributed by atoms with Gasteiger partial charge >= 0.3 is 0 Å². The van der Waals surface area contributed by atoms with Crippen LogP contribution in [0.5, 0.6) is 0 Å². The van der Waals surface area contributed by atoms with Crippen molar-refractivity contribution in [1.82, 2.24) is 0 Å². The van der Waals surface area contributed by atoms with Crippen molar-refractivity contribution < 1.29 is 0 Å². The molecule has 0 bridgehead atoms. The van der Waals surface area contributed by atoms with Crippen LogP contribution in [0, 0.1) is 13.8 Å². The van der Waals surface area contributed by atoms with E-state index in [1.807, 2.05) is 0 Å². The summed E-state index contributed by atoms with van der Waals surface area (Å²) in [5.41, 5.74) is 10.4. The van der Waals surface area contributed by atoms with Crippen LogP contribution in [0.4, 0.5) is 0 Å². The number of hydrogen-bond acceptors (Lipinski definition) is 1. The molecule has 1 fully saturated rings. The van der Waals surface area contributed by atoms with E-state index < -0.39 is 0 Å². The number of aryl methyl sites for hydroxylation is 2. The van der Waals surface area contributed by atoms with Gasteiger partial charge in [0.05, 0.1) is 0 Å². The third kappa shape index (κ3) is 2.61. The molecule has 0 atom stereocenters. The van der Waals surface area contributed by atoms with Crippen LogP contribution in [0.1, 0.15) is 36.0 Å². The fourth-order valence-corrected chi connectivity index (χ4v) is 2.56. The van der Waals surface area contributed by atoms with Gasteiger partial charge < -0.3 is 5.73 Å². The standard InChI is InChI=1S/C13H18BrN/c1-9-7-11(10(2)12(14)8-9)3-4-13(15)5-6-13/h7-8H,3-6,15H2,1-2H3. The van der Waals surface area contributed by atoms with Gasteiger partial charge in [-0.05, 0) is 62.3 Å². The van der Waals surface area contributed by atoms with Gasteiger partial charge in [-0.15, -0.1) is 0 Å². The molecule has 2 heteroatoms. The highest BCUT2D eigenvalue weighted by Crippen LogP contribution is 2.37. The Balaban J connectivity index is 2.13. The average Bonchev–Trinajstić information content (AvgIpc) is 2.88. The van der Waals surface area contributed by atoms with Crippen LogP contribution < -0.4 is 5.73 Å². The molecule has 0 heterocycles. The molecule has 0 amide bonds. The summed E-state index contributed by atoms with van der Waals surface area (Å²) in [6.07, 6.45) is 4.66. The SMILES string of the molecule is Cc1cc(Br)c(C)c(CCC2(N)CC2)c1. The van der Waals surface area contributed by atoms with Crippen molar-refractivity contribution in [3.8, 4) is 0 Å². The van der Waals surface area contributed by atoms with Crippen molar-refractivity contribution in [1.29, 1.82) is 0 Å². The predicted octanol–water partition coefficient (Wildman–Crippen LogP) is 3.49. The monoisotopic (exact) mass is 267 g/mol. The molecule has 1 nitrogen and oxygen atoms in total. The second kappa shape index (κ2) is 3.91. The number of halogens is 1. The van der Waals surface area contributed by atoms with Crippen LogP contribution >= 0.6 is 15.9 Å². The second-order valence-corrected chi connectivity index (χ2v) is 5.75. The smallest absolute Gasteiger partial charge is 0.0209 e. The Morgan fingerprint density at radius 1 is 1.33 bits per heavy atom. The molecule has 15 heavy (non-hydrogen) atoms. The molecule has 82 valence electrons. The number of benzene rings is 1. The Kier molecular flexibility index (Phi) is 2.91. The highest BCUT2D eigenvalue weighted by molar-refractivity contribution is 9.10. The molecule has 1 aromatic rings. The summed E-state index contributed by atoms with van der Waals surface area (Å²) in [6.45, 7) is 4.32. The molecular formula is C13H18BrN. The van der Waals surface area contributed by atoms with Gasteiger partial charge in [0.2, 0.25) is 0 Å². The number of nitrogens with two attached hydrogens (primary N) is 1. The molecule has 2 rings (SSSR count). The van der Waals surface area contributed by atoms with Gasteiger partial charge in [-0.3, -0.25) is 0 Å². The van der Waals surface area contributed by atoms with E-state index in [9.17, 15) is 0 Å². The summed E-state index contributed by atoms with van der Waals surface area (Å²) in [7, 11) is 0. The Hall–Kier alpha value is -0.340. The van der Waals surface area contributed by atoms with Crippen LogP contribution in [0.25, 0.3) is 0 Å². The first kappa shape index (κ1) is 11.2. The van der Waals surface area contributed by atoms with E-state index in [0.717, 1.165) is 12.8 Å². The van der Waals surface area contributed by atoms with E-state index in [4.69, 9.17) is 5.73 Å². The van der Waals surface area contributed by atoms with Crippen molar-refractivity contribution >= 4 is 15.9 Å². The average molecular weight is 268 g/mol. The minimum atomic E-state index is 0.169. The lowest BCUT2D eigenvalue weighted by atomic mass is 9.98. The maximum atomic E-state index is 6.11. The molecule has 0 saturated heterocycles. The molecule has 0 unspecified atom stereocenters. The van der Waals surface area contributed by atoms with Crippen LogP contribution in [0.15, 0.2) is 16.6 Å². The maximum absolute atomic E-state index is 6.11. The summed E-state index contributed by atoms with van der Waals surface area (Å²) >= 11 is 3.60. The maximum Gasteiger partial charge on any atom is 0.0209 e. The van der Waals surface area contributed by atoms with Gasteiger partial charge in [-0.2, -0.15) is 0 Å². The van der Waals surface area contributed by atoms with Crippen molar-refractivity contribution in [2.75, 3.05) is 0 Å². The summed E-state index contributed by atoms with van der Waals surface area (Å²) < 4.78 is 1.22. The predicted molar refractivity (Wildman–Crippen MR) is 68.1 cm³/mol. The molecule has 1 aromatic carbocycles. The first-order valence-corrected chi connectivity index (χ1v) is 6.34. The fraction of sp³-hybridized carbons (Fsp3) is 0.538. The Labute approximate surface area is 100 Å². The highest BCUT2D eigenvalue weighted by atomic mass is 79.9.